The molecule has 1 aliphatic heterocycles. The van der Waals surface area contributed by atoms with Crippen molar-refractivity contribution in [3.05, 3.63) is 35.9 Å². The number of benzene rings is 1. The van der Waals surface area contributed by atoms with E-state index in [4.69, 9.17) is 9.84 Å². The first kappa shape index (κ1) is 14.1. The maximum absolute atomic E-state index is 8.80. The topological polar surface area (TPSA) is 32.7 Å². The number of aliphatic hydroxyl groups excluding tert-OH is 1. The number of aliphatic hydroxyl groups is 1. The lowest BCUT2D eigenvalue weighted by Gasteiger charge is -2.31. The van der Waals surface area contributed by atoms with Crippen LogP contribution in [0.5, 0.6) is 0 Å². The van der Waals surface area contributed by atoms with Gasteiger partial charge in [0.1, 0.15) is 0 Å². The van der Waals surface area contributed by atoms with Crippen LogP contribution in [0, 0.1) is 11.8 Å². The molecule has 0 amide bonds. The summed E-state index contributed by atoms with van der Waals surface area (Å²) >= 11 is 0. The SMILES string of the molecule is OCCCC#CC(c1ccccc1)N1CCOCC1. The first-order chi connectivity index (χ1) is 9.42. The van der Waals surface area contributed by atoms with Gasteiger partial charge in [0, 0.05) is 26.1 Å². The summed E-state index contributed by atoms with van der Waals surface area (Å²) in [6, 6.07) is 10.5. The third-order valence-corrected chi connectivity index (χ3v) is 3.22. The van der Waals surface area contributed by atoms with Crippen molar-refractivity contribution >= 4 is 0 Å². The maximum Gasteiger partial charge on any atom is 0.0972 e. The Hall–Kier alpha value is -1.34. The van der Waals surface area contributed by atoms with Crippen molar-refractivity contribution < 1.29 is 9.84 Å². The average Bonchev–Trinajstić information content (AvgIpc) is 2.49. The molecular formula is C16H21NO2. The Balaban J connectivity index is 2.09. The average molecular weight is 259 g/mol. The molecule has 1 atom stereocenters. The Labute approximate surface area is 115 Å². The predicted molar refractivity (Wildman–Crippen MR) is 75.7 cm³/mol. The highest BCUT2D eigenvalue weighted by Gasteiger charge is 2.20. The van der Waals surface area contributed by atoms with Gasteiger partial charge >= 0.3 is 0 Å². The lowest BCUT2D eigenvalue weighted by Crippen LogP contribution is -2.38. The molecule has 1 heterocycles. The largest absolute Gasteiger partial charge is 0.396 e. The van der Waals surface area contributed by atoms with Crippen molar-refractivity contribution in [2.75, 3.05) is 32.9 Å². The minimum Gasteiger partial charge on any atom is -0.396 e. The lowest BCUT2D eigenvalue weighted by atomic mass is 10.0. The van der Waals surface area contributed by atoms with E-state index < -0.39 is 0 Å². The standard InChI is InChI=1S/C16H21NO2/c18-12-6-2-5-9-16(15-7-3-1-4-8-15)17-10-13-19-14-11-17/h1,3-4,7-8,16,18H,2,6,10-14H2. The third kappa shape index (κ3) is 4.36. The van der Waals surface area contributed by atoms with Crippen LogP contribution in [-0.4, -0.2) is 42.9 Å². The van der Waals surface area contributed by atoms with Gasteiger partial charge < -0.3 is 9.84 Å². The van der Waals surface area contributed by atoms with Crippen LogP contribution in [0.2, 0.25) is 0 Å². The molecule has 0 aromatic heterocycles. The molecule has 3 heteroatoms. The van der Waals surface area contributed by atoms with Crippen molar-refractivity contribution in [1.82, 2.24) is 4.90 Å². The van der Waals surface area contributed by atoms with E-state index in [9.17, 15) is 0 Å². The van der Waals surface area contributed by atoms with E-state index in [0.717, 1.165) is 39.1 Å². The summed E-state index contributed by atoms with van der Waals surface area (Å²) in [4.78, 5) is 2.37. The number of hydrogen-bond acceptors (Lipinski definition) is 3. The Morgan fingerprint density at radius 3 is 2.63 bits per heavy atom. The van der Waals surface area contributed by atoms with Gasteiger partial charge in [-0.1, -0.05) is 36.3 Å². The van der Waals surface area contributed by atoms with Gasteiger partial charge in [-0.2, -0.15) is 0 Å². The van der Waals surface area contributed by atoms with Gasteiger partial charge in [-0.15, -0.1) is 5.92 Å². The van der Waals surface area contributed by atoms with E-state index in [1.165, 1.54) is 5.56 Å². The molecule has 0 spiro atoms. The van der Waals surface area contributed by atoms with E-state index in [2.05, 4.69) is 41.0 Å². The maximum atomic E-state index is 8.80. The second-order valence-electron chi connectivity index (χ2n) is 4.61. The summed E-state index contributed by atoms with van der Waals surface area (Å²) in [5.74, 6) is 6.54. The van der Waals surface area contributed by atoms with Crippen LogP contribution in [0.1, 0.15) is 24.4 Å². The molecule has 1 aliphatic rings. The van der Waals surface area contributed by atoms with E-state index in [-0.39, 0.29) is 12.6 Å². The zero-order valence-electron chi connectivity index (χ0n) is 11.2. The van der Waals surface area contributed by atoms with E-state index in [1.54, 1.807) is 0 Å². The molecule has 1 N–H and O–H groups in total. The molecule has 1 saturated heterocycles. The van der Waals surface area contributed by atoms with Crippen molar-refractivity contribution in [3.8, 4) is 11.8 Å². The van der Waals surface area contributed by atoms with Crippen LogP contribution < -0.4 is 0 Å². The molecular weight excluding hydrogens is 238 g/mol. The summed E-state index contributed by atoms with van der Waals surface area (Å²) in [5, 5.41) is 8.80. The summed E-state index contributed by atoms with van der Waals surface area (Å²) in [6.45, 7) is 3.62. The Morgan fingerprint density at radius 2 is 1.95 bits per heavy atom. The summed E-state index contributed by atoms with van der Waals surface area (Å²) in [5.41, 5.74) is 1.24. The number of hydrogen-bond donors (Lipinski definition) is 1. The third-order valence-electron chi connectivity index (χ3n) is 3.22. The normalized spacial score (nSPS) is 17.5. The van der Waals surface area contributed by atoms with Crippen LogP contribution in [0.3, 0.4) is 0 Å². The fourth-order valence-corrected chi connectivity index (χ4v) is 2.19. The first-order valence-electron chi connectivity index (χ1n) is 6.88. The second-order valence-corrected chi connectivity index (χ2v) is 4.61. The molecule has 1 aromatic rings. The molecule has 1 aromatic carbocycles. The van der Waals surface area contributed by atoms with Gasteiger partial charge in [0.2, 0.25) is 0 Å². The van der Waals surface area contributed by atoms with E-state index >= 15 is 0 Å². The monoisotopic (exact) mass is 259 g/mol. The molecule has 1 unspecified atom stereocenters. The number of rotatable bonds is 4. The van der Waals surface area contributed by atoms with Crippen molar-refractivity contribution in [1.29, 1.82) is 0 Å². The first-order valence-corrected chi connectivity index (χ1v) is 6.88. The van der Waals surface area contributed by atoms with Gasteiger partial charge in [-0.05, 0) is 12.0 Å². The number of nitrogens with zero attached hydrogens (tertiary/aromatic N) is 1. The molecule has 2 rings (SSSR count). The van der Waals surface area contributed by atoms with Gasteiger partial charge in [-0.25, -0.2) is 0 Å². The number of unbranched alkanes of at least 4 members (excludes halogenated alkanes) is 1. The van der Waals surface area contributed by atoms with E-state index in [0.29, 0.717) is 0 Å². The minimum atomic E-state index is 0.142. The molecule has 1 fully saturated rings. The molecule has 0 radical (unpaired) electrons. The molecule has 102 valence electrons. The summed E-state index contributed by atoms with van der Waals surface area (Å²) in [7, 11) is 0. The highest BCUT2D eigenvalue weighted by Crippen LogP contribution is 2.20. The Morgan fingerprint density at radius 1 is 1.21 bits per heavy atom. The van der Waals surface area contributed by atoms with Crippen molar-refractivity contribution in [3.63, 3.8) is 0 Å². The Kier molecular flexibility index (Phi) is 5.90. The van der Waals surface area contributed by atoms with Crippen LogP contribution >= 0.6 is 0 Å². The zero-order valence-corrected chi connectivity index (χ0v) is 11.2. The van der Waals surface area contributed by atoms with Crippen LogP contribution in [0.4, 0.5) is 0 Å². The smallest absolute Gasteiger partial charge is 0.0972 e. The zero-order chi connectivity index (χ0) is 13.3. The van der Waals surface area contributed by atoms with Gasteiger partial charge in [0.05, 0.1) is 19.3 Å². The quantitative estimate of drug-likeness (QED) is 0.661. The molecule has 0 saturated carbocycles. The fourth-order valence-electron chi connectivity index (χ4n) is 2.19. The summed E-state index contributed by atoms with van der Waals surface area (Å²) in [6.07, 6.45) is 1.50. The molecule has 19 heavy (non-hydrogen) atoms. The molecule has 0 aliphatic carbocycles. The highest BCUT2D eigenvalue weighted by atomic mass is 16.5. The van der Waals surface area contributed by atoms with E-state index in [1.807, 2.05) is 6.07 Å². The highest BCUT2D eigenvalue weighted by molar-refractivity contribution is 5.27. The van der Waals surface area contributed by atoms with Gasteiger partial charge in [0.15, 0.2) is 0 Å². The lowest BCUT2D eigenvalue weighted by molar-refractivity contribution is 0.0269. The van der Waals surface area contributed by atoms with Gasteiger partial charge in [-0.3, -0.25) is 4.90 Å². The fraction of sp³-hybridized carbons (Fsp3) is 0.500. The van der Waals surface area contributed by atoms with Crippen LogP contribution in [0.15, 0.2) is 30.3 Å². The summed E-state index contributed by atoms with van der Waals surface area (Å²) < 4.78 is 5.41. The predicted octanol–water partition coefficient (Wildman–Crippen LogP) is 1.84. The molecule has 0 bridgehead atoms. The number of morpholine rings is 1. The van der Waals surface area contributed by atoms with Crippen LogP contribution in [-0.2, 0) is 4.74 Å². The second kappa shape index (κ2) is 7.96. The van der Waals surface area contributed by atoms with Gasteiger partial charge in [0.25, 0.3) is 0 Å². The van der Waals surface area contributed by atoms with Crippen molar-refractivity contribution in [2.45, 2.75) is 18.9 Å². The van der Waals surface area contributed by atoms with Crippen LogP contribution in [0.25, 0.3) is 0 Å². The number of ether oxygens (including phenoxy) is 1. The minimum absolute atomic E-state index is 0.142. The van der Waals surface area contributed by atoms with Crippen molar-refractivity contribution in [2.24, 2.45) is 0 Å². The molecule has 3 nitrogen and oxygen atoms in total. The Bertz CT molecular complexity index is 415.